The summed E-state index contributed by atoms with van der Waals surface area (Å²) < 4.78 is 42.1. The van der Waals surface area contributed by atoms with Crippen molar-refractivity contribution in [2.75, 3.05) is 12.4 Å². The Hall–Kier alpha value is -2.94. The van der Waals surface area contributed by atoms with Crippen molar-refractivity contribution < 1.29 is 18.0 Å². The van der Waals surface area contributed by atoms with Crippen molar-refractivity contribution in [3.05, 3.63) is 58.9 Å². The molecule has 1 saturated carbocycles. The second kappa shape index (κ2) is 6.90. The molecule has 1 amide bonds. The summed E-state index contributed by atoms with van der Waals surface area (Å²) in [5, 5.41) is 3.78. The van der Waals surface area contributed by atoms with Crippen molar-refractivity contribution in [2.45, 2.75) is 31.7 Å². The zero-order valence-electron chi connectivity index (χ0n) is 15.3. The average molecular weight is 389 g/mol. The molecular formula is C19H18F3N5O. The van der Waals surface area contributed by atoms with E-state index in [1.807, 2.05) is 0 Å². The maximum atomic E-state index is 14.7. The molecule has 1 aliphatic carbocycles. The quantitative estimate of drug-likeness (QED) is 0.842. The monoisotopic (exact) mass is 389 g/mol. The summed E-state index contributed by atoms with van der Waals surface area (Å²) in [6, 6.07) is -0.891. The van der Waals surface area contributed by atoms with Crippen LogP contribution in [0.3, 0.4) is 0 Å². The van der Waals surface area contributed by atoms with Crippen LogP contribution >= 0.6 is 0 Å². The first-order valence-electron chi connectivity index (χ1n) is 8.83. The van der Waals surface area contributed by atoms with Crippen molar-refractivity contribution in [2.24, 2.45) is 0 Å². The Morgan fingerprint density at radius 2 is 1.89 bits per heavy atom. The van der Waals surface area contributed by atoms with Gasteiger partial charge in [0, 0.05) is 24.7 Å². The molecule has 4 rings (SSSR count). The van der Waals surface area contributed by atoms with E-state index in [-0.39, 0.29) is 11.7 Å². The van der Waals surface area contributed by atoms with Gasteiger partial charge in [0.2, 0.25) is 5.91 Å². The highest BCUT2D eigenvalue weighted by Crippen LogP contribution is 2.41. The molecule has 0 saturated heterocycles. The fourth-order valence-corrected chi connectivity index (χ4v) is 3.22. The van der Waals surface area contributed by atoms with Crippen LogP contribution < -0.4 is 10.7 Å². The number of amides is 1. The van der Waals surface area contributed by atoms with E-state index in [1.54, 1.807) is 31.3 Å². The van der Waals surface area contributed by atoms with Crippen molar-refractivity contribution >= 4 is 17.3 Å². The van der Waals surface area contributed by atoms with Crippen LogP contribution in [0.25, 0.3) is 5.70 Å². The zero-order valence-corrected chi connectivity index (χ0v) is 15.3. The van der Waals surface area contributed by atoms with Gasteiger partial charge >= 0.3 is 0 Å². The van der Waals surface area contributed by atoms with Gasteiger partial charge in [-0.25, -0.2) is 18.6 Å². The highest BCUT2D eigenvalue weighted by molar-refractivity contribution is 5.98. The molecule has 0 bridgehead atoms. The summed E-state index contributed by atoms with van der Waals surface area (Å²) in [5.41, 5.74) is 4.35. The second-order valence-electron chi connectivity index (χ2n) is 6.96. The van der Waals surface area contributed by atoms with Crippen LogP contribution in [0.4, 0.5) is 18.9 Å². The number of halogens is 3. The van der Waals surface area contributed by atoms with Crippen molar-refractivity contribution in [1.29, 1.82) is 0 Å². The van der Waals surface area contributed by atoms with Gasteiger partial charge < -0.3 is 10.3 Å². The van der Waals surface area contributed by atoms with E-state index in [0.29, 0.717) is 22.5 Å². The van der Waals surface area contributed by atoms with Crippen LogP contribution in [-0.4, -0.2) is 34.0 Å². The molecule has 1 aliphatic heterocycles. The summed E-state index contributed by atoms with van der Waals surface area (Å²) in [5.74, 6) is -2.75. The molecule has 1 unspecified atom stereocenters. The van der Waals surface area contributed by atoms with Crippen LogP contribution in [0.15, 0.2) is 24.7 Å². The Kier molecular flexibility index (Phi) is 4.54. The molecule has 0 aromatic carbocycles. The van der Waals surface area contributed by atoms with Crippen LogP contribution in [0.2, 0.25) is 0 Å². The number of rotatable bonds is 4. The molecular weight excluding hydrogens is 371 g/mol. The fourth-order valence-electron chi connectivity index (χ4n) is 3.22. The minimum atomic E-state index is -0.971. The van der Waals surface area contributed by atoms with Crippen molar-refractivity contribution in [3.63, 3.8) is 0 Å². The van der Waals surface area contributed by atoms with Crippen molar-refractivity contribution in [3.8, 4) is 0 Å². The number of carbonyl (C=O) groups is 1. The lowest BCUT2D eigenvalue weighted by Gasteiger charge is -2.20. The number of hydrogen-bond acceptors (Lipinski definition) is 5. The second-order valence-corrected chi connectivity index (χ2v) is 6.96. The Balaban J connectivity index is 1.59. The number of anilines is 1. The van der Waals surface area contributed by atoms with Gasteiger partial charge in [-0.1, -0.05) is 0 Å². The Bertz CT molecular complexity index is 970. The highest BCUT2D eigenvalue weighted by atomic mass is 19.1. The average Bonchev–Trinajstić information content (AvgIpc) is 3.42. The molecule has 146 valence electrons. The first kappa shape index (κ1) is 18.4. The third kappa shape index (κ3) is 3.22. The first-order chi connectivity index (χ1) is 13.4. The lowest BCUT2D eigenvalue weighted by molar-refractivity contribution is -0.117. The number of aromatic nitrogens is 2. The number of nitrogens with one attached hydrogen (secondary N) is 2. The molecule has 3 heterocycles. The van der Waals surface area contributed by atoms with Crippen LogP contribution in [0, 0.1) is 24.4 Å². The number of hydrogen-bond donors (Lipinski definition) is 2. The van der Waals surface area contributed by atoms with E-state index >= 15 is 0 Å². The lowest BCUT2D eigenvalue weighted by atomic mass is 10.0. The Morgan fingerprint density at radius 3 is 2.54 bits per heavy atom. The van der Waals surface area contributed by atoms with E-state index in [9.17, 15) is 18.0 Å². The third-order valence-corrected chi connectivity index (χ3v) is 4.93. The smallest absolute Gasteiger partial charge is 0.247 e. The predicted octanol–water partition coefficient (Wildman–Crippen LogP) is 2.88. The lowest BCUT2D eigenvalue weighted by Crippen LogP contribution is -2.41. The SMILES string of the molecule is Cc1c(C2=CC(C(=O)Nc3c(F)cncc3F)NN2C)cnc(C2CC2)c1F. The number of nitrogens with zero attached hydrogens (tertiary/aromatic N) is 3. The maximum absolute atomic E-state index is 14.7. The third-order valence-electron chi connectivity index (χ3n) is 4.93. The number of carbonyl (C=O) groups excluding carboxylic acids is 1. The standard InChI is InChI=1S/C19H18F3N5O/c1-9-11(6-24-17(16(9)22)10-3-4-10)15-5-14(26-27(15)2)19(28)25-18-12(20)7-23-8-13(18)21/h5-8,10,14,26H,3-4H2,1-2H3,(H,23,25,28). The molecule has 2 N–H and O–H groups in total. The summed E-state index contributed by atoms with van der Waals surface area (Å²) in [4.78, 5) is 20.1. The van der Waals surface area contributed by atoms with Gasteiger partial charge in [0.05, 0.1) is 23.8 Å². The number of hydrazine groups is 1. The molecule has 0 radical (unpaired) electrons. The normalized spacial score (nSPS) is 19.0. The van der Waals surface area contributed by atoms with E-state index < -0.39 is 29.3 Å². The summed E-state index contributed by atoms with van der Waals surface area (Å²) in [6.45, 7) is 1.67. The topological polar surface area (TPSA) is 70.2 Å². The largest absolute Gasteiger partial charge is 0.319 e. The Labute approximate surface area is 159 Å². The van der Waals surface area contributed by atoms with Gasteiger partial charge in [-0.3, -0.25) is 14.8 Å². The minimum Gasteiger partial charge on any atom is -0.319 e. The maximum Gasteiger partial charge on any atom is 0.247 e. The van der Waals surface area contributed by atoms with Gasteiger partial charge in [0.25, 0.3) is 0 Å². The molecule has 2 aromatic heterocycles. The minimum absolute atomic E-state index is 0.185. The van der Waals surface area contributed by atoms with Crippen molar-refractivity contribution in [1.82, 2.24) is 20.4 Å². The first-order valence-corrected chi connectivity index (χ1v) is 8.83. The van der Waals surface area contributed by atoms with E-state index in [1.165, 1.54) is 0 Å². The van der Waals surface area contributed by atoms with Gasteiger partial charge in [-0.05, 0) is 31.4 Å². The molecule has 28 heavy (non-hydrogen) atoms. The molecule has 9 heteroatoms. The van der Waals surface area contributed by atoms with E-state index in [0.717, 1.165) is 25.2 Å². The molecule has 1 atom stereocenters. The molecule has 0 spiro atoms. The zero-order chi connectivity index (χ0) is 20.0. The van der Waals surface area contributed by atoms with Gasteiger partial charge in [-0.2, -0.15) is 0 Å². The van der Waals surface area contributed by atoms with Gasteiger partial charge in [0.1, 0.15) is 17.5 Å². The Morgan fingerprint density at radius 1 is 1.21 bits per heavy atom. The van der Waals surface area contributed by atoms with Crippen LogP contribution in [0.1, 0.15) is 35.6 Å². The summed E-state index contributed by atoms with van der Waals surface area (Å²) in [7, 11) is 1.67. The van der Waals surface area contributed by atoms with E-state index in [4.69, 9.17) is 0 Å². The fraction of sp³-hybridized carbons (Fsp3) is 0.316. The number of pyridine rings is 2. The van der Waals surface area contributed by atoms with E-state index in [2.05, 4.69) is 20.7 Å². The van der Waals surface area contributed by atoms with Gasteiger partial charge in [-0.15, -0.1) is 0 Å². The summed E-state index contributed by atoms with van der Waals surface area (Å²) >= 11 is 0. The van der Waals surface area contributed by atoms with Gasteiger partial charge in [0.15, 0.2) is 11.6 Å². The predicted molar refractivity (Wildman–Crippen MR) is 96.4 cm³/mol. The van der Waals surface area contributed by atoms with Crippen LogP contribution in [-0.2, 0) is 4.79 Å². The molecule has 1 fully saturated rings. The molecule has 2 aliphatic rings. The van der Waals surface area contributed by atoms with Crippen LogP contribution in [0.5, 0.6) is 0 Å². The molecule has 6 nitrogen and oxygen atoms in total. The molecule has 2 aromatic rings. The summed E-state index contributed by atoms with van der Waals surface area (Å²) in [6.07, 6.45) is 6.67. The highest BCUT2D eigenvalue weighted by Gasteiger charge is 2.32.